The summed E-state index contributed by atoms with van der Waals surface area (Å²) in [6, 6.07) is 17.2. The monoisotopic (exact) mass is 584 g/mol. The highest BCUT2D eigenvalue weighted by atomic mass is 35.5. The minimum Gasteiger partial charge on any atom is -0.496 e. The molecule has 5 N–H and O–H groups in total. The fraction of sp³-hybridized carbons (Fsp3) is 0.148. The van der Waals surface area contributed by atoms with Crippen molar-refractivity contribution in [1.29, 1.82) is 0 Å². The summed E-state index contributed by atoms with van der Waals surface area (Å²) in [5.74, 6) is 0.639. The first-order valence-electron chi connectivity index (χ1n) is 11.9. The predicted octanol–water partition coefficient (Wildman–Crippen LogP) is 5.01. The number of anilines is 1. The van der Waals surface area contributed by atoms with Gasteiger partial charge in [0.25, 0.3) is 16.0 Å². The molecule has 1 aromatic heterocycles. The number of nitrogens with zero attached hydrogens (tertiary/aromatic N) is 1. The first-order valence-corrected chi connectivity index (χ1v) is 13.7. The molecule has 1 aliphatic carbocycles. The third-order valence-electron chi connectivity index (χ3n) is 5.66. The molecule has 0 aliphatic heterocycles. The Hall–Kier alpha value is -4.39. The van der Waals surface area contributed by atoms with E-state index in [1.54, 1.807) is 60.8 Å². The van der Waals surface area contributed by atoms with Crippen molar-refractivity contribution in [3.63, 3.8) is 0 Å². The van der Waals surface area contributed by atoms with Crippen molar-refractivity contribution < 1.29 is 32.0 Å². The maximum absolute atomic E-state index is 11.9. The zero-order chi connectivity index (χ0) is 28.9. The summed E-state index contributed by atoms with van der Waals surface area (Å²) in [4.78, 5) is 27.9. The molecule has 0 saturated heterocycles. The highest BCUT2D eigenvalue weighted by molar-refractivity contribution is 7.85. The molecule has 5 rings (SSSR count). The number of nitrogens with two attached hydrogens (primary N) is 1. The summed E-state index contributed by atoms with van der Waals surface area (Å²) < 4.78 is 40.4. The minimum absolute atomic E-state index is 0.0741. The second-order valence-corrected chi connectivity index (χ2v) is 10.5. The molecule has 40 heavy (non-hydrogen) atoms. The Bertz CT molecular complexity index is 1660. The number of aromatic nitrogens is 1. The maximum atomic E-state index is 11.9. The highest BCUT2D eigenvalue weighted by Crippen LogP contribution is 2.35. The molecule has 0 radical (unpaired) electrons. The summed E-state index contributed by atoms with van der Waals surface area (Å²) in [6.07, 6.45) is 3.58. The molecule has 1 heterocycles. The van der Waals surface area contributed by atoms with Crippen LogP contribution >= 0.6 is 11.6 Å². The first kappa shape index (κ1) is 28.6. The van der Waals surface area contributed by atoms with E-state index in [2.05, 4.69) is 15.6 Å². The van der Waals surface area contributed by atoms with Gasteiger partial charge in [-0.2, -0.15) is 8.42 Å². The molecule has 11 nitrogen and oxygen atoms in total. The molecule has 0 bridgehead atoms. The predicted molar refractivity (Wildman–Crippen MR) is 150 cm³/mol. The van der Waals surface area contributed by atoms with E-state index in [-0.39, 0.29) is 22.5 Å². The number of carbonyl (C=O) groups is 2. The molecular weight excluding hydrogens is 560 g/mol. The van der Waals surface area contributed by atoms with E-state index in [1.807, 2.05) is 0 Å². The average molecular weight is 585 g/mol. The van der Waals surface area contributed by atoms with Gasteiger partial charge in [0.1, 0.15) is 17.2 Å². The van der Waals surface area contributed by atoms with Crippen molar-refractivity contribution in [1.82, 2.24) is 10.3 Å². The molecule has 3 amide bonds. The zero-order valence-corrected chi connectivity index (χ0v) is 22.7. The third-order valence-corrected chi connectivity index (χ3v) is 6.84. The Morgan fingerprint density at radius 3 is 2.35 bits per heavy atom. The normalized spacial score (nSPS) is 12.6. The van der Waals surface area contributed by atoms with Crippen molar-refractivity contribution in [3.05, 3.63) is 83.5 Å². The molecule has 13 heteroatoms. The molecule has 0 spiro atoms. The van der Waals surface area contributed by atoms with Crippen LogP contribution in [-0.4, -0.2) is 43.0 Å². The topological polar surface area (TPSA) is 170 Å². The van der Waals surface area contributed by atoms with E-state index < -0.39 is 16.0 Å². The molecule has 3 aromatic carbocycles. The number of hydrogen-bond donors (Lipinski definition) is 4. The number of pyridine rings is 1. The van der Waals surface area contributed by atoms with Gasteiger partial charge in [0, 0.05) is 29.8 Å². The van der Waals surface area contributed by atoms with Gasteiger partial charge in [0.2, 0.25) is 0 Å². The van der Waals surface area contributed by atoms with Gasteiger partial charge in [0.05, 0.1) is 33.8 Å². The van der Waals surface area contributed by atoms with Crippen molar-refractivity contribution in [2.24, 2.45) is 5.73 Å². The molecular formula is C27H25ClN4O7S. The lowest BCUT2D eigenvalue weighted by atomic mass is 10.1. The fourth-order valence-corrected chi connectivity index (χ4v) is 4.27. The average Bonchev–Trinajstić information content (AvgIpc) is 3.74. The van der Waals surface area contributed by atoms with Crippen LogP contribution in [0, 0.1) is 0 Å². The Labute approximate surface area is 235 Å². The van der Waals surface area contributed by atoms with E-state index in [0.717, 1.165) is 12.8 Å². The van der Waals surface area contributed by atoms with Crippen molar-refractivity contribution >= 4 is 50.2 Å². The Balaban J connectivity index is 0.000000312. The number of benzene rings is 3. The van der Waals surface area contributed by atoms with Gasteiger partial charge in [-0.05, 0) is 49.2 Å². The number of rotatable bonds is 7. The van der Waals surface area contributed by atoms with Crippen LogP contribution in [0.15, 0.2) is 77.8 Å². The molecule has 1 aliphatic rings. The van der Waals surface area contributed by atoms with Gasteiger partial charge in [-0.3, -0.25) is 14.3 Å². The van der Waals surface area contributed by atoms with Gasteiger partial charge in [-0.1, -0.05) is 29.8 Å². The molecule has 208 valence electrons. The summed E-state index contributed by atoms with van der Waals surface area (Å²) in [6.45, 7) is 0. The third kappa shape index (κ3) is 7.38. The maximum Gasteiger partial charge on any atom is 0.319 e. The molecule has 1 fully saturated rings. The number of halogens is 1. The van der Waals surface area contributed by atoms with Gasteiger partial charge >= 0.3 is 6.03 Å². The summed E-state index contributed by atoms with van der Waals surface area (Å²) >= 11 is 6.30. The number of primary amides is 1. The SMILES string of the molecule is COc1cc2nccc(Oc3ccc(NC(=O)NC4CC4)c(Cl)c3)c2cc1C(N)=O.O=S(=O)(O)c1ccccc1. The quantitative estimate of drug-likeness (QED) is 0.220. The Morgan fingerprint density at radius 2 is 1.77 bits per heavy atom. The number of fused-ring (bicyclic) bond motifs is 1. The second kappa shape index (κ2) is 12.2. The number of ether oxygens (including phenoxy) is 2. The number of urea groups is 1. The van der Waals surface area contributed by atoms with Gasteiger partial charge in [-0.25, -0.2) is 4.79 Å². The largest absolute Gasteiger partial charge is 0.496 e. The molecule has 0 atom stereocenters. The summed E-state index contributed by atoms with van der Waals surface area (Å²) in [5.41, 5.74) is 6.73. The number of methoxy groups -OCH3 is 1. The van der Waals surface area contributed by atoms with Crippen LogP contribution < -0.4 is 25.8 Å². The summed E-state index contributed by atoms with van der Waals surface area (Å²) in [7, 11) is -2.55. The number of carbonyl (C=O) groups excluding carboxylic acids is 2. The molecule has 1 saturated carbocycles. The van der Waals surface area contributed by atoms with Crippen molar-refractivity contribution in [3.8, 4) is 17.2 Å². The Morgan fingerprint density at radius 1 is 1.05 bits per heavy atom. The number of hydrogen-bond acceptors (Lipinski definition) is 7. The van der Waals surface area contributed by atoms with E-state index in [0.29, 0.717) is 38.9 Å². The van der Waals surface area contributed by atoms with Crippen LogP contribution in [-0.2, 0) is 10.1 Å². The summed E-state index contributed by atoms with van der Waals surface area (Å²) in [5, 5.41) is 6.48. The van der Waals surface area contributed by atoms with Crippen LogP contribution in [0.3, 0.4) is 0 Å². The standard InChI is InChI=1S/C21H19ClN4O4.C6H6O3S/c1-29-19-10-17-13(9-14(19)20(23)27)18(6-7-24-17)30-12-4-5-16(15(22)8-12)26-21(28)25-11-2-3-11;7-10(8,9)6-4-2-1-3-5-6/h4-11H,2-3H2,1H3,(H2,23,27)(H2,25,26,28);1-5H,(H,7,8,9). The van der Waals surface area contributed by atoms with Crippen LogP contribution in [0.2, 0.25) is 5.02 Å². The smallest absolute Gasteiger partial charge is 0.319 e. The lowest BCUT2D eigenvalue weighted by Gasteiger charge is -2.13. The van der Waals surface area contributed by atoms with Gasteiger partial charge < -0.3 is 25.8 Å². The van der Waals surface area contributed by atoms with Crippen molar-refractivity contribution in [2.45, 2.75) is 23.8 Å². The van der Waals surface area contributed by atoms with E-state index in [4.69, 9.17) is 31.4 Å². The van der Waals surface area contributed by atoms with E-state index in [1.165, 1.54) is 19.2 Å². The zero-order valence-electron chi connectivity index (χ0n) is 21.1. The van der Waals surface area contributed by atoms with E-state index in [9.17, 15) is 18.0 Å². The second-order valence-electron chi connectivity index (χ2n) is 8.65. The van der Waals surface area contributed by atoms with Crippen LogP contribution in [0.25, 0.3) is 10.9 Å². The highest BCUT2D eigenvalue weighted by Gasteiger charge is 2.23. The minimum atomic E-state index is -4.00. The number of amides is 3. The van der Waals surface area contributed by atoms with Crippen molar-refractivity contribution in [2.75, 3.05) is 12.4 Å². The van der Waals surface area contributed by atoms with Crippen LogP contribution in [0.4, 0.5) is 10.5 Å². The molecule has 0 unspecified atom stereocenters. The van der Waals surface area contributed by atoms with E-state index >= 15 is 0 Å². The first-order chi connectivity index (χ1) is 19.0. The lowest BCUT2D eigenvalue weighted by molar-refractivity contribution is 0.0997. The van der Waals surface area contributed by atoms with Gasteiger partial charge in [0.15, 0.2) is 0 Å². The van der Waals surface area contributed by atoms with Crippen LogP contribution in [0.1, 0.15) is 23.2 Å². The van der Waals surface area contributed by atoms with Crippen LogP contribution in [0.5, 0.6) is 17.2 Å². The van der Waals surface area contributed by atoms with Gasteiger partial charge in [-0.15, -0.1) is 0 Å². The number of nitrogens with one attached hydrogen (secondary N) is 2. The Kier molecular flexibility index (Phi) is 8.73. The lowest BCUT2D eigenvalue weighted by Crippen LogP contribution is -2.30. The molecule has 4 aromatic rings. The fourth-order valence-electron chi connectivity index (χ4n) is 3.55.